The maximum atomic E-state index is 12.5. The number of aromatic hydroxyl groups is 2. The monoisotopic (exact) mass is 1150 g/mol. The summed E-state index contributed by atoms with van der Waals surface area (Å²) in [6.07, 6.45) is 0. The summed E-state index contributed by atoms with van der Waals surface area (Å²) >= 11 is 22.2. The van der Waals surface area contributed by atoms with Crippen molar-refractivity contribution in [2.75, 3.05) is 0 Å². The predicted molar refractivity (Wildman–Crippen MR) is 172 cm³/mol. The van der Waals surface area contributed by atoms with Gasteiger partial charge in [0.05, 0.1) is 19.8 Å². The Labute approximate surface area is 275 Å². The zero-order valence-electron chi connectivity index (χ0n) is 15.4. The lowest BCUT2D eigenvalue weighted by Crippen LogP contribution is -2.18. The van der Waals surface area contributed by atoms with Gasteiger partial charge in [0.25, 0.3) is 0 Å². The molecule has 5 nitrogen and oxygen atoms in total. The van der Waals surface area contributed by atoms with Gasteiger partial charge in [-0.1, -0.05) is 0 Å². The van der Waals surface area contributed by atoms with Gasteiger partial charge in [0.2, 0.25) is 0 Å². The van der Waals surface area contributed by atoms with E-state index in [1.807, 2.05) is 90.4 Å². The van der Waals surface area contributed by atoms with Crippen LogP contribution in [0.3, 0.4) is 0 Å². The van der Waals surface area contributed by atoms with Crippen LogP contribution in [0.1, 0.15) is 33.0 Å². The number of hydrogen-bond acceptors (Lipinski definition) is 4. The normalized spacial score (nSPS) is 12.8. The molecule has 172 valence electrons. The van der Waals surface area contributed by atoms with Gasteiger partial charge in [0.15, 0.2) is 0 Å². The highest BCUT2D eigenvalue weighted by atomic mass is 127. The summed E-state index contributed by atoms with van der Waals surface area (Å²) in [5.41, 5.74) is 1.99. The number of halogens is 8. The largest absolute Gasteiger partial charge is 0.506 e. The van der Waals surface area contributed by atoms with E-state index in [1.165, 1.54) is 0 Å². The number of carboxylic acids is 1. The number of phenolic OH excluding ortho intramolecular Hbond substituents is 2. The van der Waals surface area contributed by atoms with Crippen molar-refractivity contribution in [2.24, 2.45) is 0 Å². The fourth-order valence-corrected chi connectivity index (χ4v) is 9.78. The van der Waals surface area contributed by atoms with E-state index in [4.69, 9.17) is 4.74 Å². The summed E-state index contributed by atoms with van der Waals surface area (Å²) < 4.78 is 10.6. The van der Waals surface area contributed by atoms with Crippen molar-refractivity contribution in [1.82, 2.24) is 0 Å². The summed E-state index contributed by atoms with van der Waals surface area (Å²) in [6, 6.07) is 3.60. The van der Waals surface area contributed by atoms with Crippen molar-refractivity contribution < 1.29 is 24.9 Å². The lowest BCUT2D eigenvalue weighted by atomic mass is 9.80. The van der Waals surface area contributed by atoms with E-state index < -0.39 is 11.9 Å². The Bertz CT molecular complexity index is 1330. The number of carboxylic acid groups (broad SMARTS) is 1. The second kappa shape index (κ2) is 10.3. The maximum Gasteiger partial charge on any atom is 0.337 e. The van der Waals surface area contributed by atoms with E-state index in [0.717, 1.165) is 0 Å². The molecule has 0 aliphatic carbocycles. The number of aromatic carboxylic acids is 1. The molecule has 0 aromatic heterocycles. The van der Waals surface area contributed by atoms with Crippen LogP contribution in [0.25, 0.3) is 0 Å². The zero-order chi connectivity index (χ0) is 24.5. The third-order valence-corrected chi connectivity index (χ3v) is 13.4. The first-order chi connectivity index (χ1) is 15.4. The third kappa shape index (κ3) is 4.51. The molecule has 0 spiro atoms. The SMILES string of the molecule is O=C(O)c1c(Br)c(Br)c(Br)c(Br)c1C1c2cc(I)c(O)c(I)c2Oc2c1cc(I)c(O)c2I. The molecule has 3 aromatic carbocycles. The molecule has 4 rings (SSSR count). The first kappa shape index (κ1) is 27.4. The Balaban J connectivity index is 2.24. The van der Waals surface area contributed by atoms with Gasteiger partial charge in [-0.15, -0.1) is 0 Å². The summed E-state index contributed by atoms with van der Waals surface area (Å²) in [5, 5.41) is 31.4. The van der Waals surface area contributed by atoms with E-state index in [0.29, 0.717) is 60.4 Å². The van der Waals surface area contributed by atoms with Crippen LogP contribution in [-0.4, -0.2) is 21.3 Å². The highest BCUT2D eigenvalue weighted by Crippen LogP contribution is 2.57. The van der Waals surface area contributed by atoms with Crippen molar-refractivity contribution in [2.45, 2.75) is 5.92 Å². The predicted octanol–water partition coefficient (Wildman–Crippen LogP) is 9.55. The minimum atomic E-state index is -1.10. The molecule has 0 bridgehead atoms. The fourth-order valence-electron chi connectivity index (χ4n) is 3.56. The lowest BCUT2D eigenvalue weighted by molar-refractivity contribution is 0.0694. The van der Waals surface area contributed by atoms with Crippen LogP contribution in [0.2, 0.25) is 0 Å². The molecule has 0 fully saturated rings. The van der Waals surface area contributed by atoms with Gasteiger partial charge in [-0.25, -0.2) is 4.79 Å². The molecule has 0 atom stereocenters. The van der Waals surface area contributed by atoms with Crippen LogP contribution < -0.4 is 4.74 Å². The minimum absolute atomic E-state index is 0.0805. The number of carbonyl (C=O) groups is 1. The van der Waals surface area contributed by atoms with E-state index in [1.54, 1.807) is 12.1 Å². The Kier molecular flexibility index (Phi) is 8.52. The molecule has 13 heteroatoms. The molecular formula is C20H6Br4I4O5. The van der Waals surface area contributed by atoms with Gasteiger partial charge in [-0.05, 0) is 172 Å². The van der Waals surface area contributed by atoms with Crippen LogP contribution in [0.15, 0.2) is 30.0 Å². The molecule has 3 aromatic rings. The van der Waals surface area contributed by atoms with E-state index in [9.17, 15) is 20.1 Å². The number of rotatable bonds is 2. The Hall–Kier alpha value is 1.37. The van der Waals surface area contributed by atoms with Crippen LogP contribution in [-0.2, 0) is 0 Å². The molecule has 1 aliphatic rings. The molecule has 0 saturated heterocycles. The van der Waals surface area contributed by atoms with Crippen molar-refractivity contribution in [1.29, 1.82) is 0 Å². The average molecular weight is 1150 g/mol. The van der Waals surface area contributed by atoms with Crippen molar-refractivity contribution in [3.8, 4) is 23.0 Å². The highest BCUT2D eigenvalue weighted by Gasteiger charge is 2.39. The number of fused-ring (bicyclic) bond motifs is 2. The van der Waals surface area contributed by atoms with Crippen LogP contribution in [0.4, 0.5) is 0 Å². The van der Waals surface area contributed by atoms with Crippen molar-refractivity contribution in [3.63, 3.8) is 0 Å². The van der Waals surface area contributed by atoms with E-state index in [2.05, 4.69) is 63.7 Å². The standard InChI is InChI=1S/C20H6Br4I4O5/c21-10-8(9(20(31)32)11(22)13(24)12(10)23)7-3-1-5(25)16(29)14(27)18(3)33-19-4(7)2-6(26)17(30)15(19)28/h1-2,7,29-30H,(H,31,32). The van der Waals surface area contributed by atoms with Gasteiger partial charge in [-0.3, -0.25) is 0 Å². The summed E-state index contributed by atoms with van der Waals surface area (Å²) in [6.45, 7) is 0. The molecule has 1 aliphatic heterocycles. The molecule has 0 amide bonds. The number of phenols is 2. The highest BCUT2D eigenvalue weighted by molar-refractivity contribution is 14.1. The smallest absolute Gasteiger partial charge is 0.337 e. The molecule has 0 saturated carbocycles. The summed E-state index contributed by atoms with van der Waals surface area (Å²) in [4.78, 5) is 12.5. The van der Waals surface area contributed by atoms with E-state index >= 15 is 0 Å². The third-order valence-electron chi connectivity index (χ3n) is 4.99. The summed E-state index contributed by atoms with van der Waals surface area (Å²) in [5.74, 6) is -0.678. The Morgan fingerprint density at radius 1 is 0.788 bits per heavy atom. The maximum absolute atomic E-state index is 12.5. The number of hydrogen-bond donors (Lipinski definition) is 3. The quantitative estimate of drug-likeness (QED) is 0.106. The molecule has 3 N–H and O–H groups in total. The molecule has 0 unspecified atom stereocenters. The first-order valence-corrected chi connectivity index (χ1v) is 16.1. The molecule has 33 heavy (non-hydrogen) atoms. The second-order valence-corrected chi connectivity index (χ2v) is 14.4. The van der Waals surface area contributed by atoms with Crippen molar-refractivity contribution in [3.05, 3.63) is 66.6 Å². The average Bonchev–Trinajstić information content (AvgIpc) is 2.76. The minimum Gasteiger partial charge on any atom is -0.506 e. The van der Waals surface area contributed by atoms with Crippen LogP contribution in [0.5, 0.6) is 23.0 Å². The Morgan fingerprint density at radius 3 is 1.64 bits per heavy atom. The van der Waals surface area contributed by atoms with E-state index in [-0.39, 0.29) is 17.1 Å². The van der Waals surface area contributed by atoms with Gasteiger partial charge in [0, 0.05) is 34.9 Å². The first-order valence-electron chi connectivity index (χ1n) is 8.57. The van der Waals surface area contributed by atoms with Crippen LogP contribution in [0, 0.1) is 14.3 Å². The zero-order valence-corrected chi connectivity index (χ0v) is 30.4. The van der Waals surface area contributed by atoms with Gasteiger partial charge in [-0.2, -0.15) is 0 Å². The topological polar surface area (TPSA) is 87.0 Å². The number of ether oxygens (including phenoxy) is 1. The van der Waals surface area contributed by atoms with Crippen molar-refractivity contribution >= 4 is 160 Å². The molecule has 0 radical (unpaired) electrons. The molecule has 1 heterocycles. The lowest BCUT2D eigenvalue weighted by Gasteiger charge is -2.33. The number of benzene rings is 3. The summed E-state index contributed by atoms with van der Waals surface area (Å²) in [7, 11) is 0. The molecular weight excluding hydrogens is 1150 g/mol. The van der Waals surface area contributed by atoms with Crippen LogP contribution >= 0.6 is 154 Å². The Morgan fingerprint density at radius 2 is 1.21 bits per heavy atom. The van der Waals surface area contributed by atoms with Gasteiger partial charge >= 0.3 is 5.97 Å². The van der Waals surface area contributed by atoms with Gasteiger partial charge in [0.1, 0.15) is 23.0 Å². The van der Waals surface area contributed by atoms with Gasteiger partial charge < -0.3 is 20.1 Å². The second-order valence-electron chi connectivity index (χ2n) is 6.76. The fraction of sp³-hybridized carbons (Fsp3) is 0.0500.